The highest BCUT2D eigenvalue weighted by molar-refractivity contribution is 5.35. The van der Waals surface area contributed by atoms with Gasteiger partial charge in [-0.25, -0.2) is 0 Å². The minimum atomic E-state index is -0.329. The van der Waals surface area contributed by atoms with E-state index >= 15 is 0 Å². The standard InChI is InChI=1S/C9H10O2/c10-8-5-7-3-1-2-4-9(7)11-6-8/h1-4,8,10H,5-6H2. The average Bonchev–Trinajstić information content (AvgIpc) is 2.04. The first kappa shape index (κ1) is 6.68. The molecule has 0 radical (unpaired) electrons. The van der Waals surface area contributed by atoms with E-state index in [0.29, 0.717) is 6.61 Å². The van der Waals surface area contributed by atoms with Crippen molar-refractivity contribution in [3.05, 3.63) is 29.8 Å². The summed E-state index contributed by atoms with van der Waals surface area (Å²) in [6, 6.07) is 7.82. The van der Waals surface area contributed by atoms with Gasteiger partial charge in [-0.05, 0) is 11.6 Å². The Labute approximate surface area is 65.4 Å². The molecule has 1 aliphatic rings. The highest BCUT2D eigenvalue weighted by atomic mass is 16.5. The third-order valence-corrected chi connectivity index (χ3v) is 1.86. The summed E-state index contributed by atoms with van der Waals surface area (Å²) in [7, 11) is 0. The number of para-hydroxylation sites is 1. The largest absolute Gasteiger partial charge is 0.491 e. The Hall–Kier alpha value is -1.02. The Balaban J connectivity index is 2.34. The van der Waals surface area contributed by atoms with Crippen LogP contribution in [0.15, 0.2) is 24.3 Å². The molecule has 1 aliphatic heterocycles. The molecule has 1 heterocycles. The number of rotatable bonds is 0. The van der Waals surface area contributed by atoms with Gasteiger partial charge in [-0.1, -0.05) is 18.2 Å². The molecule has 1 N–H and O–H groups in total. The van der Waals surface area contributed by atoms with Crippen molar-refractivity contribution in [2.75, 3.05) is 6.61 Å². The van der Waals surface area contributed by atoms with Gasteiger partial charge >= 0.3 is 0 Å². The molecule has 1 aromatic rings. The van der Waals surface area contributed by atoms with Crippen LogP contribution < -0.4 is 4.74 Å². The number of fused-ring (bicyclic) bond motifs is 1. The quantitative estimate of drug-likeness (QED) is 0.597. The summed E-state index contributed by atoms with van der Waals surface area (Å²) in [5, 5.41) is 9.23. The van der Waals surface area contributed by atoms with Gasteiger partial charge in [0.15, 0.2) is 0 Å². The van der Waals surface area contributed by atoms with Crippen molar-refractivity contribution < 1.29 is 9.84 Å². The van der Waals surface area contributed by atoms with E-state index in [4.69, 9.17) is 4.74 Å². The molecule has 0 aromatic heterocycles. The second-order valence-electron chi connectivity index (χ2n) is 2.78. The molecule has 2 rings (SSSR count). The van der Waals surface area contributed by atoms with Crippen molar-refractivity contribution in [3.63, 3.8) is 0 Å². The number of aliphatic hydroxyl groups excluding tert-OH is 1. The summed E-state index contributed by atoms with van der Waals surface area (Å²) in [5.41, 5.74) is 1.10. The molecule has 1 aromatic carbocycles. The van der Waals surface area contributed by atoms with Gasteiger partial charge in [-0.2, -0.15) is 0 Å². The Morgan fingerprint density at radius 2 is 2.18 bits per heavy atom. The summed E-state index contributed by atoms with van der Waals surface area (Å²) in [4.78, 5) is 0. The fraction of sp³-hybridized carbons (Fsp3) is 0.333. The first-order valence-electron chi connectivity index (χ1n) is 3.75. The van der Waals surface area contributed by atoms with Gasteiger partial charge in [0, 0.05) is 6.42 Å². The molecule has 0 saturated heterocycles. The van der Waals surface area contributed by atoms with Crippen molar-refractivity contribution in [2.45, 2.75) is 12.5 Å². The van der Waals surface area contributed by atoms with E-state index < -0.39 is 0 Å². The minimum absolute atomic E-state index is 0.329. The van der Waals surface area contributed by atoms with Crippen LogP contribution >= 0.6 is 0 Å². The lowest BCUT2D eigenvalue weighted by atomic mass is 10.1. The zero-order chi connectivity index (χ0) is 7.68. The lowest BCUT2D eigenvalue weighted by molar-refractivity contribution is 0.0921. The smallest absolute Gasteiger partial charge is 0.122 e. The molecule has 2 nitrogen and oxygen atoms in total. The fourth-order valence-corrected chi connectivity index (χ4v) is 1.31. The molecule has 1 atom stereocenters. The van der Waals surface area contributed by atoms with Gasteiger partial charge < -0.3 is 9.84 Å². The first-order valence-corrected chi connectivity index (χ1v) is 3.75. The lowest BCUT2D eigenvalue weighted by Crippen LogP contribution is -2.25. The van der Waals surface area contributed by atoms with Crippen molar-refractivity contribution >= 4 is 0 Å². The molecule has 0 aliphatic carbocycles. The maximum Gasteiger partial charge on any atom is 0.122 e. The summed E-state index contributed by atoms with van der Waals surface area (Å²) < 4.78 is 5.29. The van der Waals surface area contributed by atoms with Gasteiger partial charge in [0.25, 0.3) is 0 Å². The number of hydrogen-bond donors (Lipinski definition) is 1. The lowest BCUT2D eigenvalue weighted by Gasteiger charge is -2.20. The van der Waals surface area contributed by atoms with Crippen LogP contribution in [0.3, 0.4) is 0 Å². The summed E-state index contributed by atoms with van der Waals surface area (Å²) in [6.45, 7) is 0.428. The Morgan fingerprint density at radius 3 is 3.09 bits per heavy atom. The van der Waals surface area contributed by atoms with Crippen molar-refractivity contribution in [1.29, 1.82) is 0 Å². The third kappa shape index (κ3) is 1.21. The van der Waals surface area contributed by atoms with E-state index in [9.17, 15) is 5.11 Å². The van der Waals surface area contributed by atoms with Crippen molar-refractivity contribution in [2.24, 2.45) is 0 Å². The number of hydrogen-bond acceptors (Lipinski definition) is 2. The van der Waals surface area contributed by atoms with Crippen LogP contribution in [0.2, 0.25) is 0 Å². The van der Waals surface area contributed by atoms with Gasteiger partial charge in [-0.3, -0.25) is 0 Å². The summed E-state index contributed by atoms with van der Waals surface area (Å²) in [6.07, 6.45) is 0.390. The highest BCUT2D eigenvalue weighted by Crippen LogP contribution is 2.23. The van der Waals surface area contributed by atoms with E-state index in [1.807, 2.05) is 24.3 Å². The number of aliphatic hydroxyl groups is 1. The summed E-state index contributed by atoms with van der Waals surface area (Å²) >= 11 is 0. The second-order valence-corrected chi connectivity index (χ2v) is 2.78. The number of ether oxygens (including phenoxy) is 1. The van der Waals surface area contributed by atoms with Crippen molar-refractivity contribution in [3.8, 4) is 5.75 Å². The molecule has 2 heteroatoms. The van der Waals surface area contributed by atoms with Crippen LogP contribution in [0.1, 0.15) is 5.56 Å². The van der Waals surface area contributed by atoms with E-state index in [1.54, 1.807) is 0 Å². The molecule has 0 bridgehead atoms. The van der Waals surface area contributed by atoms with Gasteiger partial charge in [0.1, 0.15) is 12.4 Å². The Bertz CT molecular complexity index is 257. The van der Waals surface area contributed by atoms with Crippen LogP contribution in [-0.2, 0) is 6.42 Å². The topological polar surface area (TPSA) is 29.5 Å². The second kappa shape index (κ2) is 2.55. The predicted molar refractivity (Wildman–Crippen MR) is 41.6 cm³/mol. The zero-order valence-corrected chi connectivity index (χ0v) is 6.16. The van der Waals surface area contributed by atoms with E-state index in [1.165, 1.54) is 0 Å². The maximum atomic E-state index is 9.23. The Morgan fingerprint density at radius 1 is 1.36 bits per heavy atom. The number of benzene rings is 1. The van der Waals surface area contributed by atoms with Gasteiger partial charge in [-0.15, -0.1) is 0 Å². The molecular formula is C9H10O2. The molecule has 0 saturated carbocycles. The van der Waals surface area contributed by atoms with Crippen LogP contribution in [0, 0.1) is 0 Å². The zero-order valence-electron chi connectivity index (χ0n) is 6.16. The van der Waals surface area contributed by atoms with E-state index in [-0.39, 0.29) is 6.10 Å². The minimum Gasteiger partial charge on any atom is -0.491 e. The average molecular weight is 150 g/mol. The van der Waals surface area contributed by atoms with Crippen molar-refractivity contribution in [1.82, 2.24) is 0 Å². The van der Waals surface area contributed by atoms with Crippen LogP contribution in [-0.4, -0.2) is 17.8 Å². The summed E-state index contributed by atoms with van der Waals surface area (Å²) in [5.74, 6) is 0.915. The first-order chi connectivity index (χ1) is 5.36. The molecule has 0 spiro atoms. The highest BCUT2D eigenvalue weighted by Gasteiger charge is 2.15. The van der Waals surface area contributed by atoms with E-state index in [0.717, 1.165) is 17.7 Å². The SMILES string of the molecule is OC1COc2ccccc2C1. The van der Waals surface area contributed by atoms with Gasteiger partial charge in [0.05, 0.1) is 6.10 Å². The van der Waals surface area contributed by atoms with Crippen LogP contribution in [0.4, 0.5) is 0 Å². The molecule has 11 heavy (non-hydrogen) atoms. The normalized spacial score (nSPS) is 22.1. The third-order valence-electron chi connectivity index (χ3n) is 1.86. The molecular weight excluding hydrogens is 140 g/mol. The Kier molecular flexibility index (Phi) is 1.55. The molecule has 1 unspecified atom stereocenters. The monoisotopic (exact) mass is 150 g/mol. The fourth-order valence-electron chi connectivity index (χ4n) is 1.31. The molecule has 58 valence electrons. The van der Waals surface area contributed by atoms with Crippen LogP contribution in [0.25, 0.3) is 0 Å². The molecule has 0 amide bonds. The molecule has 0 fully saturated rings. The van der Waals surface area contributed by atoms with E-state index in [2.05, 4.69) is 0 Å². The predicted octanol–water partition coefficient (Wildman–Crippen LogP) is 0.982. The van der Waals surface area contributed by atoms with Crippen LogP contribution in [0.5, 0.6) is 5.75 Å². The van der Waals surface area contributed by atoms with Gasteiger partial charge in [0.2, 0.25) is 0 Å². The maximum absolute atomic E-state index is 9.23.